The fraction of sp³-hybridized carbons (Fsp3) is 0.714. The van der Waals surface area contributed by atoms with Crippen LogP contribution in [-0.2, 0) is 39.6 Å². The average Bonchev–Trinajstić information content (AvgIpc) is 2.83. The molecule has 0 radical (unpaired) electrons. The molecule has 1 saturated heterocycles. The number of hydrogen-bond acceptors (Lipinski definition) is 5. The van der Waals surface area contributed by atoms with E-state index in [0.717, 1.165) is 5.69 Å². The van der Waals surface area contributed by atoms with Gasteiger partial charge in [0.2, 0.25) is 0 Å². The SMILES string of the molecule is Cn1nc2c(c1S(=O)(=O)N1CCCC(C)(C(=O)O)C1)COCC2. The molecule has 0 aliphatic carbocycles. The highest BCUT2D eigenvalue weighted by Crippen LogP contribution is 2.34. The van der Waals surface area contributed by atoms with Gasteiger partial charge in [-0.3, -0.25) is 9.48 Å². The van der Waals surface area contributed by atoms with Crippen molar-refractivity contribution in [3.05, 3.63) is 11.3 Å². The Bertz CT molecular complexity index is 742. The molecule has 0 spiro atoms. The first kappa shape index (κ1) is 16.4. The molecule has 8 nitrogen and oxygen atoms in total. The van der Waals surface area contributed by atoms with Crippen LogP contribution in [0.15, 0.2) is 5.03 Å². The monoisotopic (exact) mass is 343 g/mol. The molecule has 1 unspecified atom stereocenters. The van der Waals surface area contributed by atoms with Crippen LogP contribution in [0, 0.1) is 5.41 Å². The van der Waals surface area contributed by atoms with Gasteiger partial charge < -0.3 is 9.84 Å². The summed E-state index contributed by atoms with van der Waals surface area (Å²) in [4.78, 5) is 11.5. The molecule has 3 heterocycles. The van der Waals surface area contributed by atoms with Crippen molar-refractivity contribution in [2.75, 3.05) is 19.7 Å². The van der Waals surface area contributed by atoms with Gasteiger partial charge in [-0.1, -0.05) is 0 Å². The number of ether oxygens (including phenoxy) is 1. The predicted octanol–water partition coefficient (Wildman–Crippen LogP) is 0.368. The van der Waals surface area contributed by atoms with E-state index in [0.29, 0.717) is 38.0 Å². The summed E-state index contributed by atoms with van der Waals surface area (Å²) in [6.07, 6.45) is 1.59. The van der Waals surface area contributed by atoms with Crippen molar-refractivity contribution in [2.24, 2.45) is 12.5 Å². The Labute approximate surface area is 135 Å². The van der Waals surface area contributed by atoms with Gasteiger partial charge in [-0.15, -0.1) is 0 Å². The Morgan fingerprint density at radius 1 is 1.43 bits per heavy atom. The van der Waals surface area contributed by atoms with E-state index in [1.54, 1.807) is 14.0 Å². The van der Waals surface area contributed by atoms with Crippen molar-refractivity contribution in [1.29, 1.82) is 0 Å². The number of aliphatic carboxylic acids is 1. The quantitative estimate of drug-likeness (QED) is 0.851. The summed E-state index contributed by atoms with van der Waals surface area (Å²) in [5, 5.41) is 13.8. The molecule has 128 valence electrons. The number of carboxylic acid groups (broad SMARTS) is 1. The number of hydrogen-bond donors (Lipinski definition) is 1. The zero-order valence-electron chi connectivity index (χ0n) is 13.3. The first-order chi connectivity index (χ1) is 10.8. The number of carboxylic acids is 1. The molecule has 23 heavy (non-hydrogen) atoms. The number of sulfonamides is 1. The highest BCUT2D eigenvalue weighted by Gasteiger charge is 2.43. The van der Waals surface area contributed by atoms with Crippen LogP contribution in [0.25, 0.3) is 0 Å². The molecule has 1 atom stereocenters. The molecule has 1 aromatic heterocycles. The Balaban J connectivity index is 1.99. The van der Waals surface area contributed by atoms with Gasteiger partial charge in [0.25, 0.3) is 10.0 Å². The van der Waals surface area contributed by atoms with Crippen LogP contribution in [0.1, 0.15) is 31.0 Å². The van der Waals surface area contributed by atoms with Gasteiger partial charge in [0, 0.05) is 32.1 Å². The standard InChI is InChI=1S/C14H21N3O5S/c1-14(13(18)19)5-3-6-17(9-14)23(20,21)12-10-8-22-7-4-11(10)15-16(12)2/h3-9H2,1-2H3,(H,18,19). The van der Waals surface area contributed by atoms with Gasteiger partial charge in [0.1, 0.15) is 0 Å². The molecule has 0 amide bonds. The van der Waals surface area contributed by atoms with E-state index in [1.165, 1.54) is 8.99 Å². The van der Waals surface area contributed by atoms with E-state index in [9.17, 15) is 18.3 Å². The van der Waals surface area contributed by atoms with E-state index in [2.05, 4.69) is 5.10 Å². The molecule has 1 fully saturated rings. The van der Waals surface area contributed by atoms with Gasteiger partial charge in [-0.25, -0.2) is 8.42 Å². The second-order valence-electron chi connectivity index (χ2n) is 6.46. The molecule has 0 saturated carbocycles. The van der Waals surface area contributed by atoms with E-state index >= 15 is 0 Å². The number of rotatable bonds is 3. The normalized spacial score (nSPS) is 26.0. The van der Waals surface area contributed by atoms with Gasteiger partial charge in [-0.05, 0) is 19.8 Å². The van der Waals surface area contributed by atoms with Crippen LogP contribution in [0.5, 0.6) is 0 Å². The van der Waals surface area contributed by atoms with Crippen molar-refractivity contribution in [1.82, 2.24) is 14.1 Å². The van der Waals surface area contributed by atoms with Crippen LogP contribution in [0.4, 0.5) is 0 Å². The van der Waals surface area contributed by atoms with Crippen molar-refractivity contribution < 1.29 is 23.1 Å². The maximum absolute atomic E-state index is 13.1. The van der Waals surface area contributed by atoms with Crippen LogP contribution < -0.4 is 0 Å². The zero-order valence-corrected chi connectivity index (χ0v) is 14.1. The minimum atomic E-state index is -3.80. The number of aryl methyl sites for hydroxylation is 1. The second-order valence-corrected chi connectivity index (χ2v) is 8.32. The Hall–Kier alpha value is -1.45. The second kappa shape index (κ2) is 5.57. The van der Waals surface area contributed by atoms with Gasteiger partial charge in [0.05, 0.1) is 24.3 Å². The fourth-order valence-electron chi connectivity index (χ4n) is 3.31. The number of carbonyl (C=O) groups is 1. The van der Waals surface area contributed by atoms with Crippen LogP contribution >= 0.6 is 0 Å². The zero-order chi connectivity index (χ0) is 16.8. The third kappa shape index (κ3) is 2.66. The Kier molecular flexibility index (Phi) is 3.97. The van der Waals surface area contributed by atoms with Crippen LogP contribution in [0.3, 0.4) is 0 Å². The first-order valence-corrected chi connectivity index (χ1v) is 9.06. The molecular weight excluding hydrogens is 322 g/mol. The molecule has 0 aromatic carbocycles. The highest BCUT2D eigenvalue weighted by atomic mass is 32.2. The van der Waals surface area contributed by atoms with Crippen molar-refractivity contribution >= 4 is 16.0 Å². The molecule has 9 heteroatoms. The lowest BCUT2D eigenvalue weighted by Crippen LogP contribution is -2.48. The summed E-state index contributed by atoms with van der Waals surface area (Å²) in [5.74, 6) is -0.965. The Morgan fingerprint density at radius 3 is 2.87 bits per heavy atom. The van der Waals surface area contributed by atoms with Crippen LogP contribution in [0.2, 0.25) is 0 Å². The smallest absolute Gasteiger partial charge is 0.310 e. The molecular formula is C14H21N3O5S. The predicted molar refractivity (Wildman–Crippen MR) is 80.3 cm³/mol. The van der Waals surface area contributed by atoms with Crippen molar-refractivity contribution in [2.45, 2.75) is 37.8 Å². The maximum atomic E-state index is 13.1. The largest absolute Gasteiger partial charge is 0.481 e. The minimum absolute atomic E-state index is 0.0223. The van der Waals surface area contributed by atoms with Crippen molar-refractivity contribution in [3.8, 4) is 0 Å². The molecule has 3 rings (SSSR count). The first-order valence-electron chi connectivity index (χ1n) is 7.62. The number of piperidine rings is 1. The minimum Gasteiger partial charge on any atom is -0.481 e. The summed E-state index contributed by atoms with van der Waals surface area (Å²) in [6.45, 7) is 2.66. The lowest BCUT2D eigenvalue weighted by molar-refractivity contribution is -0.150. The lowest BCUT2D eigenvalue weighted by Gasteiger charge is -2.36. The van der Waals surface area contributed by atoms with Gasteiger partial charge >= 0.3 is 5.97 Å². The fourth-order valence-corrected chi connectivity index (χ4v) is 5.24. The summed E-state index contributed by atoms with van der Waals surface area (Å²) in [6, 6.07) is 0. The van der Waals surface area contributed by atoms with E-state index in [-0.39, 0.29) is 18.2 Å². The maximum Gasteiger partial charge on any atom is 0.310 e. The van der Waals surface area contributed by atoms with Crippen LogP contribution in [-0.4, -0.2) is 53.3 Å². The third-order valence-electron chi connectivity index (χ3n) is 4.66. The van der Waals surface area contributed by atoms with E-state index in [1.807, 2.05) is 0 Å². The molecule has 1 N–H and O–H groups in total. The third-order valence-corrected chi connectivity index (χ3v) is 6.65. The molecule has 2 aliphatic rings. The van der Waals surface area contributed by atoms with Gasteiger partial charge in [0.15, 0.2) is 5.03 Å². The molecule has 2 aliphatic heterocycles. The Morgan fingerprint density at radius 2 is 2.17 bits per heavy atom. The lowest BCUT2D eigenvalue weighted by atomic mass is 9.83. The number of fused-ring (bicyclic) bond motifs is 1. The number of nitrogens with zero attached hydrogens (tertiary/aromatic N) is 3. The summed E-state index contributed by atoms with van der Waals surface area (Å²) < 4.78 is 34.2. The molecule has 0 bridgehead atoms. The highest BCUT2D eigenvalue weighted by molar-refractivity contribution is 7.89. The summed E-state index contributed by atoms with van der Waals surface area (Å²) >= 11 is 0. The van der Waals surface area contributed by atoms with Crippen molar-refractivity contribution in [3.63, 3.8) is 0 Å². The van der Waals surface area contributed by atoms with Gasteiger partial charge in [-0.2, -0.15) is 9.40 Å². The summed E-state index contributed by atoms with van der Waals surface area (Å²) in [7, 11) is -2.20. The molecule has 1 aromatic rings. The van der Waals surface area contributed by atoms with E-state index < -0.39 is 21.4 Å². The average molecular weight is 343 g/mol. The number of aromatic nitrogens is 2. The van der Waals surface area contributed by atoms with E-state index in [4.69, 9.17) is 4.74 Å². The summed E-state index contributed by atoms with van der Waals surface area (Å²) in [5.41, 5.74) is 0.289. The topological polar surface area (TPSA) is 102 Å².